The molecule has 2 heterocycles. The van der Waals surface area contributed by atoms with Crippen LogP contribution in [0.15, 0.2) is 48.7 Å². The van der Waals surface area contributed by atoms with Gasteiger partial charge >= 0.3 is 0 Å². The Hall–Kier alpha value is -3.28. The standard InChI is InChI=1S/C20H19N3O3/c1-12-5-3-4-6-16(12)23-20-15(11-21-23)14(10-19(25)22-20)13-7-8-18(26-2)17(24)9-13/h3-9,11,14,24H,10H2,1-2H3,(H,22,25). The topological polar surface area (TPSA) is 76.4 Å². The highest BCUT2D eigenvalue weighted by atomic mass is 16.5. The number of nitrogens with zero attached hydrogens (tertiary/aromatic N) is 2. The fourth-order valence-electron chi connectivity index (χ4n) is 3.42. The SMILES string of the molecule is COc1ccc(C2CC(=O)Nc3c2cnn3-c2ccccc2C)cc1O. The Morgan fingerprint density at radius 1 is 1.27 bits per heavy atom. The van der Waals surface area contributed by atoms with Crippen molar-refractivity contribution in [2.24, 2.45) is 0 Å². The number of ether oxygens (including phenoxy) is 1. The van der Waals surface area contributed by atoms with Crippen LogP contribution in [-0.4, -0.2) is 27.9 Å². The first-order valence-corrected chi connectivity index (χ1v) is 8.39. The number of fused-ring (bicyclic) bond motifs is 1. The molecule has 0 saturated heterocycles. The number of methoxy groups -OCH3 is 1. The molecule has 6 heteroatoms. The smallest absolute Gasteiger partial charge is 0.226 e. The molecule has 2 aromatic carbocycles. The fourth-order valence-corrected chi connectivity index (χ4v) is 3.42. The zero-order valence-corrected chi connectivity index (χ0v) is 14.6. The molecule has 4 rings (SSSR count). The molecule has 1 amide bonds. The molecular weight excluding hydrogens is 330 g/mol. The number of phenols is 1. The van der Waals surface area contributed by atoms with Crippen molar-refractivity contribution in [3.63, 3.8) is 0 Å². The van der Waals surface area contributed by atoms with E-state index in [1.54, 1.807) is 23.0 Å². The summed E-state index contributed by atoms with van der Waals surface area (Å²) in [5, 5.41) is 17.6. The van der Waals surface area contributed by atoms with E-state index in [1.165, 1.54) is 7.11 Å². The highest BCUT2D eigenvalue weighted by Crippen LogP contribution is 2.40. The molecule has 26 heavy (non-hydrogen) atoms. The minimum absolute atomic E-state index is 0.0591. The van der Waals surface area contributed by atoms with Crippen molar-refractivity contribution in [2.75, 3.05) is 12.4 Å². The van der Waals surface area contributed by atoms with E-state index >= 15 is 0 Å². The quantitative estimate of drug-likeness (QED) is 0.760. The third-order valence-electron chi connectivity index (χ3n) is 4.77. The van der Waals surface area contributed by atoms with E-state index in [1.807, 2.05) is 37.3 Å². The second-order valence-electron chi connectivity index (χ2n) is 6.38. The summed E-state index contributed by atoms with van der Waals surface area (Å²) in [7, 11) is 1.51. The molecule has 6 nitrogen and oxygen atoms in total. The molecule has 1 aromatic heterocycles. The van der Waals surface area contributed by atoms with Crippen molar-refractivity contribution in [3.8, 4) is 17.2 Å². The number of nitrogens with one attached hydrogen (secondary N) is 1. The van der Waals surface area contributed by atoms with Gasteiger partial charge in [0.1, 0.15) is 5.82 Å². The summed E-state index contributed by atoms with van der Waals surface area (Å²) in [4.78, 5) is 12.3. The van der Waals surface area contributed by atoms with Gasteiger partial charge in [0.15, 0.2) is 11.5 Å². The number of aromatic hydroxyl groups is 1. The molecule has 0 aliphatic carbocycles. The molecule has 2 N–H and O–H groups in total. The van der Waals surface area contributed by atoms with E-state index in [9.17, 15) is 9.90 Å². The third kappa shape index (κ3) is 2.60. The lowest BCUT2D eigenvalue weighted by atomic mass is 9.87. The molecule has 132 valence electrons. The fraction of sp³-hybridized carbons (Fsp3) is 0.200. The second-order valence-corrected chi connectivity index (χ2v) is 6.38. The van der Waals surface area contributed by atoms with Gasteiger partial charge in [-0.2, -0.15) is 5.10 Å². The van der Waals surface area contributed by atoms with Crippen molar-refractivity contribution >= 4 is 11.7 Å². The van der Waals surface area contributed by atoms with Gasteiger partial charge < -0.3 is 15.2 Å². The van der Waals surface area contributed by atoms with Gasteiger partial charge in [-0.3, -0.25) is 4.79 Å². The Bertz CT molecular complexity index is 994. The van der Waals surface area contributed by atoms with E-state index in [0.717, 1.165) is 22.4 Å². The van der Waals surface area contributed by atoms with Gasteiger partial charge in [0.05, 0.1) is 19.0 Å². The number of hydrogen-bond donors (Lipinski definition) is 2. The maximum absolute atomic E-state index is 12.3. The van der Waals surface area contributed by atoms with Crippen LogP contribution in [0.25, 0.3) is 5.69 Å². The molecular formula is C20H19N3O3. The predicted octanol–water partition coefficient (Wildman–Crippen LogP) is 3.37. The Balaban J connectivity index is 1.81. The summed E-state index contributed by atoms with van der Waals surface area (Å²) >= 11 is 0. The molecule has 0 fully saturated rings. The molecule has 1 aliphatic heterocycles. The number of aryl methyl sites for hydroxylation is 1. The van der Waals surface area contributed by atoms with E-state index in [0.29, 0.717) is 18.0 Å². The average Bonchev–Trinajstić information content (AvgIpc) is 3.05. The summed E-state index contributed by atoms with van der Waals surface area (Å²) in [5.74, 6) is 0.894. The first-order chi connectivity index (χ1) is 12.6. The normalized spacial score (nSPS) is 16.1. The van der Waals surface area contributed by atoms with Crippen molar-refractivity contribution in [3.05, 3.63) is 65.4 Å². The van der Waals surface area contributed by atoms with Crippen LogP contribution in [0.3, 0.4) is 0 Å². The molecule has 0 spiro atoms. The lowest BCUT2D eigenvalue weighted by Crippen LogP contribution is -2.24. The van der Waals surface area contributed by atoms with Gasteiger partial charge in [0.25, 0.3) is 0 Å². The molecule has 1 aliphatic rings. The van der Waals surface area contributed by atoms with E-state index < -0.39 is 0 Å². The number of carbonyl (C=O) groups is 1. The summed E-state index contributed by atoms with van der Waals surface area (Å²) in [5.41, 5.74) is 3.77. The van der Waals surface area contributed by atoms with Crippen LogP contribution < -0.4 is 10.1 Å². The van der Waals surface area contributed by atoms with Crippen molar-refractivity contribution in [1.82, 2.24) is 9.78 Å². The van der Waals surface area contributed by atoms with Gasteiger partial charge in [0, 0.05) is 17.9 Å². The number of amides is 1. The van der Waals surface area contributed by atoms with Crippen molar-refractivity contribution in [2.45, 2.75) is 19.3 Å². The van der Waals surface area contributed by atoms with Crippen LogP contribution in [0.5, 0.6) is 11.5 Å². The molecule has 0 radical (unpaired) electrons. The number of para-hydroxylation sites is 1. The van der Waals surface area contributed by atoms with Gasteiger partial charge in [-0.05, 0) is 36.2 Å². The third-order valence-corrected chi connectivity index (χ3v) is 4.77. The van der Waals surface area contributed by atoms with Crippen LogP contribution in [0, 0.1) is 6.92 Å². The van der Waals surface area contributed by atoms with E-state index in [-0.39, 0.29) is 17.6 Å². The average molecular weight is 349 g/mol. The van der Waals surface area contributed by atoms with Crippen LogP contribution in [0.2, 0.25) is 0 Å². The number of rotatable bonds is 3. The van der Waals surface area contributed by atoms with Gasteiger partial charge in [-0.15, -0.1) is 0 Å². The van der Waals surface area contributed by atoms with Crippen LogP contribution in [0.1, 0.15) is 29.0 Å². The molecule has 0 bridgehead atoms. The zero-order valence-electron chi connectivity index (χ0n) is 14.6. The van der Waals surface area contributed by atoms with Gasteiger partial charge in [-0.1, -0.05) is 24.3 Å². The Labute approximate surface area is 151 Å². The molecule has 0 saturated carbocycles. The van der Waals surface area contributed by atoms with E-state index in [4.69, 9.17) is 4.74 Å². The summed E-state index contributed by atoms with van der Waals surface area (Å²) in [6.07, 6.45) is 2.09. The van der Waals surface area contributed by atoms with Crippen LogP contribution in [0.4, 0.5) is 5.82 Å². The summed E-state index contributed by atoms with van der Waals surface area (Å²) in [6, 6.07) is 13.1. The second kappa shape index (κ2) is 6.22. The number of benzene rings is 2. The van der Waals surface area contributed by atoms with Gasteiger partial charge in [-0.25, -0.2) is 4.68 Å². The number of phenolic OH excluding ortho intramolecular Hbond substituents is 1. The molecule has 1 atom stereocenters. The summed E-state index contributed by atoms with van der Waals surface area (Å²) < 4.78 is 6.87. The maximum atomic E-state index is 12.3. The first kappa shape index (κ1) is 16.2. The highest BCUT2D eigenvalue weighted by molar-refractivity contribution is 5.94. The number of carbonyl (C=O) groups excluding carboxylic acids is 1. The van der Waals surface area contributed by atoms with Crippen molar-refractivity contribution in [1.29, 1.82) is 0 Å². The Kier molecular flexibility index (Phi) is 3.88. The molecule has 3 aromatic rings. The summed E-state index contributed by atoms with van der Waals surface area (Å²) in [6.45, 7) is 2.01. The van der Waals surface area contributed by atoms with E-state index in [2.05, 4.69) is 10.4 Å². The number of hydrogen-bond acceptors (Lipinski definition) is 4. The largest absolute Gasteiger partial charge is 0.504 e. The number of aromatic nitrogens is 2. The zero-order chi connectivity index (χ0) is 18.3. The Morgan fingerprint density at radius 2 is 2.08 bits per heavy atom. The first-order valence-electron chi connectivity index (χ1n) is 8.39. The van der Waals surface area contributed by atoms with Crippen LogP contribution in [-0.2, 0) is 4.79 Å². The lowest BCUT2D eigenvalue weighted by Gasteiger charge is -2.24. The predicted molar refractivity (Wildman–Crippen MR) is 98.0 cm³/mol. The minimum Gasteiger partial charge on any atom is -0.504 e. The Morgan fingerprint density at radius 3 is 2.81 bits per heavy atom. The minimum atomic E-state index is -0.173. The lowest BCUT2D eigenvalue weighted by molar-refractivity contribution is -0.116. The monoisotopic (exact) mass is 349 g/mol. The van der Waals surface area contributed by atoms with Crippen LogP contribution >= 0.6 is 0 Å². The maximum Gasteiger partial charge on any atom is 0.226 e. The number of anilines is 1. The molecule has 1 unspecified atom stereocenters. The van der Waals surface area contributed by atoms with Crippen molar-refractivity contribution < 1.29 is 14.6 Å². The highest BCUT2D eigenvalue weighted by Gasteiger charge is 2.31. The van der Waals surface area contributed by atoms with Gasteiger partial charge in [0.2, 0.25) is 5.91 Å².